The molecule has 0 radical (unpaired) electrons. The summed E-state index contributed by atoms with van der Waals surface area (Å²) in [5, 5.41) is 0. The molecule has 1 unspecified atom stereocenters. The van der Waals surface area contributed by atoms with Crippen molar-refractivity contribution in [2.45, 2.75) is 12.5 Å². The van der Waals surface area contributed by atoms with Crippen LogP contribution in [0.2, 0.25) is 0 Å². The molecule has 1 aromatic heterocycles. The Bertz CT molecular complexity index is 662. The maximum Gasteiger partial charge on any atom is 0.321 e. The number of aromatic nitrogens is 2. The number of benzene rings is 1. The fourth-order valence-electron chi connectivity index (χ4n) is 2.16. The van der Waals surface area contributed by atoms with Gasteiger partial charge in [-0.15, -0.1) is 0 Å². The highest BCUT2D eigenvalue weighted by Crippen LogP contribution is 2.27. The Morgan fingerprint density at radius 1 is 1.33 bits per heavy atom. The van der Waals surface area contributed by atoms with Crippen LogP contribution >= 0.6 is 15.9 Å². The van der Waals surface area contributed by atoms with E-state index in [0.29, 0.717) is 18.7 Å². The van der Waals surface area contributed by atoms with Gasteiger partial charge < -0.3 is 15.4 Å². The molecule has 1 aliphatic heterocycles. The molecule has 108 valence electrons. The minimum Gasteiger partial charge on any atom is -0.424 e. The lowest BCUT2D eigenvalue weighted by Gasteiger charge is -2.16. The normalized spacial score (nSPS) is 18.1. The van der Waals surface area contributed by atoms with Crippen molar-refractivity contribution in [3.05, 3.63) is 41.1 Å². The van der Waals surface area contributed by atoms with Gasteiger partial charge in [0, 0.05) is 43.2 Å². The van der Waals surface area contributed by atoms with Crippen molar-refractivity contribution in [2.75, 3.05) is 11.4 Å². The minimum atomic E-state index is -0.114. The summed E-state index contributed by atoms with van der Waals surface area (Å²) in [5.41, 5.74) is 6.58. The van der Waals surface area contributed by atoms with Crippen molar-refractivity contribution in [2.24, 2.45) is 5.73 Å². The number of carbonyl (C=O) groups is 1. The van der Waals surface area contributed by atoms with Gasteiger partial charge in [0.2, 0.25) is 5.91 Å². The van der Waals surface area contributed by atoms with Gasteiger partial charge in [0.15, 0.2) is 0 Å². The SMILES string of the molecule is NC1CC(=O)N(c2cccc(Oc3ncc(Br)cn3)c2)C1. The van der Waals surface area contributed by atoms with E-state index in [-0.39, 0.29) is 18.0 Å². The van der Waals surface area contributed by atoms with Gasteiger partial charge in [-0.05, 0) is 28.1 Å². The molecule has 2 heterocycles. The fraction of sp³-hybridized carbons (Fsp3) is 0.214. The van der Waals surface area contributed by atoms with Crippen LogP contribution in [-0.4, -0.2) is 28.5 Å². The van der Waals surface area contributed by atoms with Gasteiger partial charge in [0.05, 0.1) is 4.47 Å². The van der Waals surface area contributed by atoms with Gasteiger partial charge in [-0.2, -0.15) is 0 Å². The molecule has 0 saturated carbocycles. The summed E-state index contributed by atoms with van der Waals surface area (Å²) in [6.45, 7) is 0.525. The van der Waals surface area contributed by atoms with Crippen molar-refractivity contribution >= 4 is 27.5 Å². The summed E-state index contributed by atoms with van der Waals surface area (Å²) >= 11 is 3.26. The molecule has 2 aromatic rings. The van der Waals surface area contributed by atoms with Crippen LogP contribution in [-0.2, 0) is 4.79 Å². The Morgan fingerprint density at radius 2 is 2.10 bits per heavy atom. The molecule has 1 saturated heterocycles. The summed E-state index contributed by atoms with van der Waals surface area (Å²) < 4.78 is 6.36. The number of anilines is 1. The third-order valence-electron chi connectivity index (χ3n) is 3.09. The second-order valence-electron chi connectivity index (χ2n) is 4.75. The smallest absolute Gasteiger partial charge is 0.321 e. The van der Waals surface area contributed by atoms with Crippen molar-refractivity contribution < 1.29 is 9.53 Å². The molecule has 21 heavy (non-hydrogen) atoms. The zero-order chi connectivity index (χ0) is 14.8. The topological polar surface area (TPSA) is 81.3 Å². The molecule has 0 spiro atoms. The first-order valence-electron chi connectivity index (χ1n) is 6.43. The quantitative estimate of drug-likeness (QED) is 0.918. The van der Waals surface area contributed by atoms with Crippen LogP contribution in [0.3, 0.4) is 0 Å². The molecule has 1 fully saturated rings. The average Bonchev–Trinajstić information content (AvgIpc) is 2.81. The highest BCUT2D eigenvalue weighted by Gasteiger charge is 2.28. The molecule has 3 rings (SSSR count). The van der Waals surface area contributed by atoms with E-state index in [1.54, 1.807) is 29.4 Å². The second kappa shape index (κ2) is 5.79. The number of hydrogen-bond acceptors (Lipinski definition) is 5. The van der Waals surface area contributed by atoms with Crippen LogP contribution in [0.15, 0.2) is 41.1 Å². The standard InChI is InChI=1S/C14H13BrN4O2/c15-9-6-17-14(18-7-9)21-12-3-1-2-11(5-12)19-8-10(16)4-13(19)20/h1-3,5-7,10H,4,8,16H2. The van der Waals surface area contributed by atoms with Crippen LogP contribution in [0.4, 0.5) is 5.69 Å². The largest absolute Gasteiger partial charge is 0.424 e. The Hall–Kier alpha value is -1.99. The van der Waals surface area contributed by atoms with Crippen molar-refractivity contribution in [1.82, 2.24) is 9.97 Å². The van der Waals surface area contributed by atoms with Gasteiger partial charge in [-0.25, -0.2) is 9.97 Å². The highest BCUT2D eigenvalue weighted by molar-refractivity contribution is 9.10. The van der Waals surface area contributed by atoms with E-state index < -0.39 is 0 Å². The third kappa shape index (κ3) is 3.20. The summed E-state index contributed by atoms with van der Waals surface area (Å²) in [5.74, 6) is 0.600. The van der Waals surface area contributed by atoms with Gasteiger partial charge in [-0.1, -0.05) is 6.07 Å². The van der Waals surface area contributed by atoms with Gasteiger partial charge in [0.1, 0.15) is 5.75 Å². The van der Waals surface area contributed by atoms with E-state index in [9.17, 15) is 4.79 Å². The molecule has 1 aromatic carbocycles. The molecule has 7 heteroatoms. The van der Waals surface area contributed by atoms with Gasteiger partial charge >= 0.3 is 6.01 Å². The van der Waals surface area contributed by atoms with Gasteiger partial charge in [-0.3, -0.25) is 4.79 Å². The predicted molar refractivity (Wildman–Crippen MR) is 81.2 cm³/mol. The number of hydrogen-bond donors (Lipinski definition) is 1. The molecule has 1 aliphatic rings. The number of carbonyl (C=O) groups excluding carboxylic acids is 1. The summed E-state index contributed by atoms with van der Waals surface area (Å²) in [6, 6.07) is 7.37. The average molecular weight is 349 g/mol. The van der Waals surface area contributed by atoms with Crippen LogP contribution in [0, 0.1) is 0 Å². The number of amides is 1. The lowest BCUT2D eigenvalue weighted by Crippen LogP contribution is -2.27. The van der Waals surface area contributed by atoms with Crippen molar-refractivity contribution in [1.29, 1.82) is 0 Å². The van der Waals surface area contributed by atoms with E-state index in [2.05, 4.69) is 25.9 Å². The first-order chi connectivity index (χ1) is 10.1. The van der Waals surface area contributed by atoms with E-state index in [1.807, 2.05) is 12.1 Å². The Balaban J connectivity index is 1.80. The molecule has 1 atom stereocenters. The summed E-state index contributed by atoms with van der Waals surface area (Å²) in [4.78, 5) is 21.6. The maximum atomic E-state index is 11.9. The molecule has 0 aliphatic carbocycles. The number of ether oxygens (including phenoxy) is 1. The first kappa shape index (κ1) is 14.0. The predicted octanol–water partition coefficient (Wildman–Crippen LogP) is 2.10. The van der Waals surface area contributed by atoms with E-state index in [1.165, 1.54) is 0 Å². The molecule has 6 nitrogen and oxygen atoms in total. The van der Waals surface area contributed by atoms with E-state index >= 15 is 0 Å². The van der Waals surface area contributed by atoms with Crippen LogP contribution in [0.1, 0.15) is 6.42 Å². The number of halogens is 1. The van der Waals surface area contributed by atoms with E-state index in [4.69, 9.17) is 10.5 Å². The molecule has 2 N–H and O–H groups in total. The summed E-state index contributed by atoms with van der Waals surface area (Å²) in [6.07, 6.45) is 3.59. The third-order valence-corrected chi connectivity index (χ3v) is 3.50. The number of nitrogens with zero attached hydrogens (tertiary/aromatic N) is 3. The Morgan fingerprint density at radius 3 is 2.76 bits per heavy atom. The van der Waals surface area contributed by atoms with Crippen LogP contribution in [0.25, 0.3) is 0 Å². The lowest BCUT2D eigenvalue weighted by molar-refractivity contribution is -0.117. The summed E-state index contributed by atoms with van der Waals surface area (Å²) in [7, 11) is 0. The van der Waals surface area contributed by atoms with Crippen molar-refractivity contribution in [3.8, 4) is 11.8 Å². The number of nitrogens with two attached hydrogens (primary N) is 1. The lowest BCUT2D eigenvalue weighted by atomic mass is 10.3. The Labute approximate surface area is 130 Å². The Kier molecular flexibility index (Phi) is 3.85. The van der Waals surface area contributed by atoms with Gasteiger partial charge in [0.25, 0.3) is 0 Å². The zero-order valence-electron chi connectivity index (χ0n) is 11.1. The zero-order valence-corrected chi connectivity index (χ0v) is 12.7. The fourth-order valence-corrected chi connectivity index (χ4v) is 2.36. The van der Waals surface area contributed by atoms with E-state index in [0.717, 1.165) is 10.2 Å². The monoisotopic (exact) mass is 348 g/mol. The highest BCUT2D eigenvalue weighted by atomic mass is 79.9. The second-order valence-corrected chi connectivity index (χ2v) is 5.67. The van der Waals surface area contributed by atoms with Crippen molar-refractivity contribution in [3.63, 3.8) is 0 Å². The molecular formula is C14H13BrN4O2. The minimum absolute atomic E-state index is 0.0274. The maximum absolute atomic E-state index is 11.9. The number of rotatable bonds is 3. The molecular weight excluding hydrogens is 336 g/mol. The first-order valence-corrected chi connectivity index (χ1v) is 7.22. The van der Waals surface area contributed by atoms with Crippen LogP contribution in [0.5, 0.6) is 11.8 Å². The molecule has 1 amide bonds. The molecule has 0 bridgehead atoms. The van der Waals surface area contributed by atoms with Crippen LogP contribution < -0.4 is 15.4 Å².